The third-order valence-corrected chi connectivity index (χ3v) is 4.85. The third kappa shape index (κ3) is 3.00. The van der Waals surface area contributed by atoms with E-state index in [4.69, 9.17) is 10.5 Å². The highest BCUT2D eigenvalue weighted by atomic mass is 19.4. The number of fused-ring (bicyclic) bond motifs is 1. The molecule has 2 heterocycles. The first-order valence-corrected chi connectivity index (χ1v) is 8.18. The second-order valence-electron chi connectivity index (χ2n) is 6.64. The molecule has 0 unspecified atom stereocenters. The zero-order valence-electron chi connectivity index (χ0n) is 14.4. The summed E-state index contributed by atoms with van der Waals surface area (Å²) in [6.45, 7) is -4.20. The number of alkyl halides is 5. The zero-order chi connectivity index (χ0) is 20.7. The number of hydrogen-bond acceptors (Lipinski definition) is 4. The Balaban J connectivity index is 2.32. The van der Waals surface area contributed by atoms with Crippen molar-refractivity contribution in [1.82, 2.24) is 4.98 Å². The van der Waals surface area contributed by atoms with Crippen molar-refractivity contribution in [1.29, 1.82) is 0 Å². The van der Waals surface area contributed by atoms with Gasteiger partial charge in [-0.05, 0) is 30.3 Å². The molecule has 28 heavy (non-hydrogen) atoms. The molecule has 0 spiro atoms. The number of halogens is 6. The number of nitrogens with two attached hydrogens (primary N) is 1. The quantitative estimate of drug-likeness (QED) is 0.749. The van der Waals surface area contributed by atoms with Crippen molar-refractivity contribution in [3.63, 3.8) is 0 Å². The minimum absolute atomic E-state index is 0.118. The summed E-state index contributed by atoms with van der Waals surface area (Å²) in [4.78, 5) is 3.85. The molecule has 1 aliphatic rings. The summed E-state index contributed by atoms with van der Waals surface area (Å²) in [6.07, 6.45) is -5.20. The lowest BCUT2D eigenvalue weighted by atomic mass is 9.82. The molecule has 1 aromatic heterocycles. The first-order chi connectivity index (χ1) is 13.1. The summed E-state index contributed by atoms with van der Waals surface area (Å²) in [5.74, 6) is -0.722. The highest BCUT2D eigenvalue weighted by Crippen LogP contribution is 2.48. The summed E-state index contributed by atoms with van der Waals surface area (Å²) >= 11 is 0. The molecule has 4 nitrogen and oxygen atoms in total. The average Bonchev–Trinajstić information content (AvgIpc) is 3.05. The summed E-state index contributed by atoms with van der Waals surface area (Å²) < 4.78 is 86.4. The predicted molar refractivity (Wildman–Crippen MR) is 87.8 cm³/mol. The van der Waals surface area contributed by atoms with E-state index in [1.807, 2.05) is 0 Å². The van der Waals surface area contributed by atoms with Gasteiger partial charge in [0.2, 0.25) is 5.60 Å². The molecule has 2 aromatic rings. The number of ether oxygens (including phenoxy) is 1. The van der Waals surface area contributed by atoms with Crippen LogP contribution in [0.25, 0.3) is 11.3 Å². The van der Waals surface area contributed by atoms with E-state index in [1.165, 1.54) is 12.1 Å². The van der Waals surface area contributed by atoms with E-state index in [0.29, 0.717) is 0 Å². The molecule has 0 radical (unpaired) electrons. The van der Waals surface area contributed by atoms with Gasteiger partial charge in [-0.1, -0.05) is 0 Å². The van der Waals surface area contributed by atoms with Crippen molar-refractivity contribution in [2.75, 3.05) is 26.5 Å². The fraction of sp³-hybridized carbons (Fsp3) is 0.389. The molecule has 0 amide bonds. The molecular formula is C18H16F6N2O2. The topological polar surface area (TPSA) is 68.4 Å². The molecule has 0 aliphatic carbocycles. The van der Waals surface area contributed by atoms with Crippen LogP contribution < -0.4 is 10.5 Å². The first kappa shape index (κ1) is 20.4. The van der Waals surface area contributed by atoms with Crippen LogP contribution in [0, 0.1) is 5.82 Å². The molecule has 0 bridgehead atoms. The van der Waals surface area contributed by atoms with Crippen molar-refractivity contribution >= 4 is 0 Å². The number of nitrogens with zero attached hydrogens (tertiary/aromatic N) is 1. The van der Waals surface area contributed by atoms with Crippen LogP contribution in [0.5, 0.6) is 5.75 Å². The predicted octanol–water partition coefficient (Wildman–Crippen LogP) is 3.17. The monoisotopic (exact) mass is 406 g/mol. The zero-order valence-corrected chi connectivity index (χ0v) is 14.4. The second-order valence-corrected chi connectivity index (χ2v) is 6.64. The summed E-state index contributed by atoms with van der Waals surface area (Å²) in [7, 11) is 0. The van der Waals surface area contributed by atoms with E-state index in [9.17, 15) is 31.4 Å². The van der Waals surface area contributed by atoms with Crippen LogP contribution in [0.4, 0.5) is 26.3 Å². The van der Waals surface area contributed by atoms with Crippen LogP contribution in [0.15, 0.2) is 30.3 Å². The van der Waals surface area contributed by atoms with Gasteiger partial charge in [0.25, 0.3) is 0 Å². The average molecular weight is 406 g/mol. The number of benzene rings is 1. The molecule has 1 atom stereocenters. The van der Waals surface area contributed by atoms with Crippen molar-refractivity contribution in [3.05, 3.63) is 47.4 Å². The minimum Gasteiger partial charge on any atom is -0.490 e. The summed E-state index contributed by atoms with van der Waals surface area (Å²) in [5, 5.41) is 10.2. The van der Waals surface area contributed by atoms with Gasteiger partial charge < -0.3 is 15.6 Å². The van der Waals surface area contributed by atoms with Gasteiger partial charge in [-0.15, -0.1) is 0 Å². The Morgan fingerprint density at radius 3 is 2.25 bits per heavy atom. The number of pyridine rings is 1. The Morgan fingerprint density at radius 1 is 1.14 bits per heavy atom. The third-order valence-electron chi connectivity index (χ3n) is 4.85. The van der Waals surface area contributed by atoms with E-state index in [0.717, 1.165) is 18.2 Å². The Kier molecular flexibility index (Phi) is 5.05. The first-order valence-electron chi connectivity index (χ1n) is 8.18. The van der Waals surface area contributed by atoms with E-state index >= 15 is 0 Å². The lowest BCUT2D eigenvalue weighted by Gasteiger charge is -2.30. The van der Waals surface area contributed by atoms with Gasteiger partial charge in [0, 0.05) is 17.7 Å². The standard InChI is InChI=1S/C18H16F6N2O2/c19-6-16(7-20)9-28-15-12(16)5-13(17(27,8-25)18(22,23)24)26-14(15)10-1-3-11(21)4-2-10/h1-5,27H,6-9,25H2/t17-/m0/s1. The van der Waals surface area contributed by atoms with E-state index < -0.39 is 55.2 Å². The summed E-state index contributed by atoms with van der Waals surface area (Å²) in [5.41, 5.74) is -1.37. The summed E-state index contributed by atoms with van der Waals surface area (Å²) in [6, 6.07) is 5.31. The Bertz CT molecular complexity index is 868. The Morgan fingerprint density at radius 2 is 1.75 bits per heavy atom. The van der Waals surface area contributed by atoms with Gasteiger partial charge in [0.1, 0.15) is 37.2 Å². The van der Waals surface area contributed by atoms with Crippen LogP contribution in [0.1, 0.15) is 11.3 Å². The normalized spacial score (nSPS) is 17.7. The van der Waals surface area contributed by atoms with E-state index in [1.54, 1.807) is 0 Å². The van der Waals surface area contributed by atoms with Crippen LogP contribution >= 0.6 is 0 Å². The maximum Gasteiger partial charge on any atom is 0.424 e. The number of aromatic nitrogens is 1. The van der Waals surface area contributed by atoms with Gasteiger partial charge >= 0.3 is 6.18 Å². The molecule has 152 valence electrons. The largest absolute Gasteiger partial charge is 0.490 e. The minimum atomic E-state index is -5.20. The maximum atomic E-state index is 13.7. The second kappa shape index (κ2) is 6.93. The number of rotatable bonds is 5. The van der Waals surface area contributed by atoms with E-state index in [2.05, 4.69) is 4.98 Å². The molecule has 10 heteroatoms. The van der Waals surface area contributed by atoms with Crippen molar-refractivity contribution in [3.8, 4) is 17.0 Å². The van der Waals surface area contributed by atoms with Crippen LogP contribution in [-0.4, -0.2) is 42.8 Å². The lowest BCUT2D eigenvalue weighted by Crippen LogP contribution is -2.49. The Hall–Kier alpha value is -2.33. The highest BCUT2D eigenvalue weighted by Gasteiger charge is 2.56. The van der Waals surface area contributed by atoms with Crippen LogP contribution in [0.3, 0.4) is 0 Å². The SMILES string of the molecule is NC[C@](O)(c1cc2c(c(-c3ccc(F)cc3)n1)OCC2(CF)CF)C(F)(F)F. The number of aliphatic hydroxyl groups is 1. The molecule has 3 N–H and O–H groups in total. The fourth-order valence-electron chi connectivity index (χ4n) is 3.00. The molecule has 1 aliphatic heterocycles. The van der Waals surface area contributed by atoms with Gasteiger partial charge in [0.15, 0.2) is 0 Å². The molecule has 3 rings (SSSR count). The van der Waals surface area contributed by atoms with Crippen LogP contribution in [-0.2, 0) is 11.0 Å². The fourth-order valence-corrected chi connectivity index (χ4v) is 3.00. The Labute approximate surface area is 155 Å². The lowest BCUT2D eigenvalue weighted by molar-refractivity contribution is -0.263. The molecule has 0 saturated heterocycles. The number of hydrogen-bond donors (Lipinski definition) is 2. The highest BCUT2D eigenvalue weighted by molar-refractivity contribution is 5.71. The smallest absolute Gasteiger partial charge is 0.424 e. The molecule has 0 fully saturated rings. The molecular weight excluding hydrogens is 390 g/mol. The maximum absolute atomic E-state index is 13.7. The van der Waals surface area contributed by atoms with Gasteiger partial charge in [-0.25, -0.2) is 18.2 Å². The molecule has 1 aromatic carbocycles. The van der Waals surface area contributed by atoms with Crippen molar-refractivity contribution < 1.29 is 36.2 Å². The van der Waals surface area contributed by atoms with Crippen molar-refractivity contribution in [2.45, 2.75) is 17.2 Å². The van der Waals surface area contributed by atoms with E-state index in [-0.39, 0.29) is 22.6 Å². The molecule has 0 saturated carbocycles. The van der Waals surface area contributed by atoms with Crippen LogP contribution in [0.2, 0.25) is 0 Å². The van der Waals surface area contributed by atoms with Gasteiger partial charge in [0.05, 0.1) is 11.1 Å². The van der Waals surface area contributed by atoms with Crippen molar-refractivity contribution in [2.24, 2.45) is 5.73 Å². The van der Waals surface area contributed by atoms with Gasteiger partial charge in [-0.3, -0.25) is 0 Å². The van der Waals surface area contributed by atoms with Gasteiger partial charge in [-0.2, -0.15) is 13.2 Å².